The zero-order chi connectivity index (χ0) is 16.1. The standard InChI is InChI=1S/C13H11BrFN3O3S/c14-5-7-1-2-9(15)8(3-7)6-16-18-13-17-12(21)10(22-13)4-11(19)20/h1-3,6,10H,4-5H2,(H,19,20)(H,17,18,21). The van der Waals surface area contributed by atoms with E-state index in [2.05, 4.69) is 31.4 Å². The van der Waals surface area contributed by atoms with Gasteiger partial charge in [-0.2, -0.15) is 5.10 Å². The van der Waals surface area contributed by atoms with Crippen LogP contribution in [-0.4, -0.2) is 33.6 Å². The van der Waals surface area contributed by atoms with Crippen molar-refractivity contribution in [3.05, 3.63) is 35.1 Å². The number of aliphatic carboxylic acids is 1. The van der Waals surface area contributed by atoms with Gasteiger partial charge in [-0.1, -0.05) is 33.8 Å². The maximum absolute atomic E-state index is 13.6. The fourth-order valence-corrected chi connectivity index (χ4v) is 2.93. The van der Waals surface area contributed by atoms with Crippen LogP contribution in [0.2, 0.25) is 0 Å². The van der Waals surface area contributed by atoms with E-state index in [1.807, 2.05) is 0 Å². The second-order valence-electron chi connectivity index (χ2n) is 4.33. The van der Waals surface area contributed by atoms with E-state index in [4.69, 9.17) is 5.11 Å². The van der Waals surface area contributed by atoms with E-state index >= 15 is 0 Å². The molecule has 9 heteroatoms. The summed E-state index contributed by atoms with van der Waals surface area (Å²) in [5.74, 6) is -1.92. The highest BCUT2D eigenvalue weighted by molar-refractivity contribution is 9.08. The highest BCUT2D eigenvalue weighted by Crippen LogP contribution is 2.22. The predicted octanol–water partition coefficient (Wildman–Crippen LogP) is 2.12. The molecule has 116 valence electrons. The number of halogens is 2. The van der Waals surface area contributed by atoms with Crippen LogP contribution in [-0.2, 0) is 14.9 Å². The quantitative estimate of drug-likeness (QED) is 0.459. The molecule has 2 N–H and O–H groups in total. The zero-order valence-corrected chi connectivity index (χ0v) is 13.5. The predicted molar refractivity (Wildman–Crippen MR) is 85.8 cm³/mol. The summed E-state index contributed by atoms with van der Waals surface area (Å²) in [6.45, 7) is 0. The number of amides is 1. The SMILES string of the molecule is O=C(O)CC1SC(=NN=Cc2cc(CBr)ccc2F)NC1=O. The van der Waals surface area contributed by atoms with E-state index in [1.54, 1.807) is 12.1 Å². The summed E-state index contributed by atoms with van der Waals surface area (Å²) in [5, 5.41) is 18.7. The fraction of sp³-hybridized carbons (Fsp3) is 0.231. The number of hydrogen-bond acceptors (Lipinski definition) is 5. The summed E-state index contributed by atoms with van der Waals surface area (Å²) in [6.07, 6.45) is 0.951. The Bertz CT molecular complexity index is 666. The molecule has 0 saturated carbocycles. The van der Waals surface area contributed by atoms with Crippen LogP contribution in [0.1, 0.15) is 17.5 Å². The number of nitrogens with one attached hydrogen (secondary N) is 1. The molecule has 22 heavy (non-hydrogen) atoms. The molecule has 0 aromatic heterocycles. The third kappa shape index (κ3) is 4.38. The molecule has 1 fully saturated rings. The number of alkyl halides is 1. The molecule has 1 saturated heterocycles. The molecule has 0 aliphatic carbocycles. The van der Waals surface area contributed by atoms with Crippen LogP contribution in [0, 0.1) is 5.82 Å². The number of nitrogens with zero attached hydrogens (tertiary/aromatic N) is 2. The van der Waals surface area contributed by atoms with Crippen molar-refractivity contribution in [3.8, 4) is 0 Å². The summed E-state index contributed by atoms with van der Waals surface area (Å²) in [5.41, 5.74) is 1.17. The maximum Gasteiger partial charge on any atom is 0.305 e. The van der Waals surface area contributed by atoms with E-state index in [0.717, 1.165) is 17.3 Å². The maximum atomic E-state index is 13.6. The zero-order valence-electron chi connectivity index (χ0n) is 11.1. The summed E-state index contributed by atoms with van der Waals surface area (Å²) in [7, 11) is 0. The van der Waals surface area contributed by atoms with Gasteiger partial charge in [-0.05, 0) is 17.7 Å². The van der Waals surface area contributed by atoms with E-state index in [0.29, 0.717) is 5.33 Å². The molecule has 0 radical (unpaired) electrons. The van der Waals surface area contributed by atoms with Crippen molar-refractivity contribution in [2.45, 2.75) is 17.0 Å². The van der Waals surface area contributed by atoms with Crippen LogP contribution in [0.5, 0.6) is 0 Å². The van der Waals surface area contributed by atoms with Gasteiger partial charge in [-0.3, -0.25) is 9.59 Å². The van der Waals surface area contributed by atoms with E-state index in [1.165, 1.54) is 12.3 Å². The lowest BCUT2D eigenvalue weighted by atomic mass is 10.1. The Labute approximate surface area is 138 Å². The van der Waals surface area contributed by atoms with Crippen molar-refractivity contribution >= 4 is 51.0 Å². The number of carbonyl (C=O) groups excluding carboxylic acids is 1. The number of hydrogen-bond donors (Lipinski definition) is 2. The molecule has 1 unspecified atom stereocenters. The third-order valence-electron chi connectivity index (χ3n) is 2.70. The molecule has 2 rings (SSSR count). The smallest absolute Gasteiger partial charge is 0.305 e. The largest absolute Gasteiger partial charge is 0.481 e. The topological polar surface area (TPSA) is 91.1 Å². The molecule has 1 aromatic rings. The lowest BCUT2D eigenvalue weighted by Gasteiger charge is -1.99. The highest BCUT2D eigenvalue weighted by atomic mass is 79.9. The molecule has 1 heterocycles. The second-order valence-corrected chi connectivity index (χ2v) is 6.08. The Morgan fingerprint density at radius 1 is 1.55 bits per heavy atom. The fourth-order valence-electron chi connectivity index (χ4n) is 1.66. The van der Waals surface area contributed by atoms with Crippen molar-refractivity contribution < 1.29 is 19.1 Å². The number of carboxylic acid groups (broad SMARTS) is 1. The van der Waals surface area contributed by atoms with Crippen LogP contribution in [0.15, 0.2) is 28.4 Å². The van der Waals surface area contributed by atoms with Gasteiger partial charge in [0.2, 0.25) is 5.91 Å². The first kappa shape index (κ1) is 16.6. The van der Waals surface area contributed by atoms with Gasteiger partial charge < -0.3 is 10.4 Å². The van der Waals surface area contributed by atoms with E-state index in [9.17, 15) is 14.0 Å². The second kappa shape index (κ2) is 7.50. The van der Waals surface area contributed by atoms with Crippen molar-refractivity contribution in [1.82, 2.24) is 5.32 Å². The van der Waals surface area contributed by atoms with Crippen molar-refractivity contribution in [3.63, 3.8) is 0 Å². The third-order valence-corrected chi connectivity index (χ3v) is 4.42. The van der Waals surface area contributed by atoms with Crippen LogP contribution >= 0.6 is 27.7 Å². The van der Waals surface area contributed by atoms with Crippen LogP contribution in [0.25, 0.3) is 0 Å². The Kier molecular flexibility index (Phi) is 5.67. The van der Waals surface area contributed by atoms with Crippen molar-refractivity contribution in [2.24, 2.45) is 10.2 Å². The summed E-state index contributed by atoms with van der Waals surface area (Å²) in [6, 6.07) is 4.61. The normalized spacial score (nSPS) is 19.8. The number of carboxylic acids is 1. The number of carbonyl (C=O) groups is 2. The molecule has 1 aliphatic heterocycles. The first-order valence-corrected chi connectivity index (χ1v) is 8.14. The summed E-state index contributed by atoms with van der Waals surface area (Å²) < 4.78 is 13.6. The minimum absolute atomic E-state index is 0.199. The molecular weight excluding hydrogens is 377 g/mol. The van der Waals surface area contributed by atoms with Crippen molar-refractivity contribution in [1.29, 1.82) is 0 Å². The molecule has 0 spiro atoms. The summed E-state index contributed by atoms with van der Waals surface area (Å²) >= 11 is 4.27. The van der Waals surface area contributed by atoms with Gasteiger partial charge in [0, 0.05) is 10.9 Å². The monoisotopic (exact) mass is 387 g/mol. The van der Waals surface area contributed by atoms with E-state index in [-0.39, 0.29) is 17.2 Å². The van der Waals surface area contributed by atoms with E-state index < -0.39 is 22.9 Å². The molecule has 1 aliphatic rings. The van der Waals surface area contributed by atoms with Gasteiger partial charge in [0.25, 0.3) is 0 Å². The van der Waals surface area contributed by atoms with Gasteiger partial charge in [0.15, 0.2) is 5.17 Å². The van der Waals surface area contributed by atoms with Crippen LogP contribution in [0.3, 0.4) is 0 Å². The molecule has 0 bridgehead atoms. The minimum Gasteiger partial charge on any atom is -0.481 e. The first-order chi connectivity index (χ1) is 10.5. The summed E-state index contributed by atoms with van der Waals surface area (Å²) in [4.78, 5) is 22.1. The molecule has 1 amide bonds. The minimum atomic E-state index is -1.06. The Hall–Kier alpha value is -1.74. The molecule has 1 atom stereocenters. The lowest BCUT2D eigenvalue weighted by molar-refractivity contribution is -0.138. The van der Waals surface area contributed by atoms with Gasteiger partial charge in [-0.15, -0.1) is 5.10 Å². The Balaban J connectivity index is 2.06. The first-order valence-electron chi connectivity index (χ1n) is 6.14. The van der Waals surface area contributed by atoms with Crippen LogP contribution in [0.4, 0.5) is 4.39 Å². The van der Waals surface area contributed by atoms with Gasteiger partial charge in [-0.25, -0.2) is 4.39 Å². The number of rotatable bonds is 5. The van der Waals surface area contributed by atoms with Gasteiger partial charge in [0.1, 0.15) is 11.1 Å². The van der Waals surface area contributed by atoms with Gasteiger partial charge in [0.05, 0.1) is 12.6 Å². The highest BCUT2D eigenvalue weighted by Gasteiger charge is 2.32. The van der Waals surface area contributed by atoms with Crippen LogP contribution < -0.4 is 5.32 Å². The van der Waals surface area contributed by atoms with Gasteiger partial charge >= 0.3 is 5.97 Å². The molecule has 6 nitrogen and oxygen atoms in total. The number of thioether (sulfide) groups is 1. The van der Waals surface area contributed by atoms with Crippen molar-refractivity contribution in [2.75, 3.05) is 0 Å². The molecule has 1 aromatic carbocycles. The average Bonchev–Trinajstić information content (AvgIpc) is 2.80. The lowest BCUT2D eigenvalue weighted by Crippen LogP contribution is -2.26. The Morgan fingerprint density at radius 2 is 2.32 bits per heavy atom. The average molecular weight is 388 g/mol. The number of amidine groups is 1. The Morgan fingerprint density at radius 3 is 3.00 bits per heavy atom. The number of benzene rings is 1. The molecular formula is C13H11BrFN3O3S.